The van der Waals surface area contributed by atoms with Crippen LogP contribution in [0.3, 0.4) is 0 Å². The highest BCUT2D eigenvalue weighted by Gasteiger charge is 2.49. The molecule has 0 bridgehead atoms. The fourth-order valence-corrected chi connectivity index (χ4v) is 4.81. The van der Waals surface area contributed by atoms with E-state index in [9.17, 15) is 19.8 Å². The Hall–Kier alpha value is -2.80. The molecule has 162 valence electrons. The van der Waals surface area contributed by atoms with Crippen molar-refractivity contribution in [2.75, 3.05) is 7.11 Å². The van der Waals surface area contributed by atoms with Crippen LogP contribution in [-0.2, 0) is 9.59 Å². The standard InChI is InChI=1S/C24H24BrNO5/c1-13-11-15(7-9-17(13)25)22(28)20-21(14-8-10-19(31-2)18(27)12-14)26(24(30)23(20)29)16-5-3-4-6-16/h7-12,16,21,27-28H,3-6H2,1-2H3/b22-20-. The Balaban J connectivity index is 1.90. The Kier molecular flexibility index (Phi) is 5.79. The molecule has 2 fully saturated rings. The molecule has 4 rings (SSSR count). The van der Waals surface area contributed by atoms with E-state index in [0.717, 1.165) is 35.7 Å². The number of phenols is 1. The maximum absolute atomic E-state index is 13.1. The summed E-state index contributed by atoms with van der Waals surface area (Å²) in [6, 6.07) is 9.23. The number of amides is 1. The number of carbonyl (C=O) groups excluding carboxylic acids is 2. The van der Waals surface area contributed by atoms with E-state index in [2.05, 4.69) is 15.9 Å². The monoisotopic (exact) mass is 485 g/mol. The number of benzene rings is 2. The summed E-state index contributed by atoms with van der Waals surface area (Å²) in [6.07, 6.45) is 3.59. The van der Waals surface area contributed by atoms with E-state index >= 15 is 0 Å². The van der Waals surface area contributed by atoms with Gasteiger partial charge in [0, 0.05) is 16.1 Å². The minimum Gasteiger partial charge on any atom is -0.507 e. The van der Waals surface area contributed by atoms with E-state index < -0.39 is 17.7 Å². The van der Waals surface area contributed by atoms with E-state index in [-0.39, 0.29) is 23.1 Å². The van der Waals surface area contributed by atoms with E-state index in [4.69, 9.17) is 4.74 Å². The highest BCUT2D eigenvalue weighted by atomic mass is 79.9. The minimum atomic E-state index is -0.774. The van der Waals surface area contributed by atoms with Crippen molar-refractivity contribution in [3.8, 4) is 11.5 Å². The number of ether oxygens (including phenoxy) is 1. The molecule has 31 heavy (non-hydrogen) atoms. The lowest BCUT2D eigenvalue weighted by atomic mass is 9.94. The first kappa shape index (κ1) is 21.4. The summed E-state index contributed by atoms with van der Waals surface area (Å²) in [6.45, 7) is 1.89. The van der Waals surface area contributed by atoms with Gasteiger partial charge in [0.15, 0.2) is 11.5 Å². The van der Waals surface area contributed by atoms with Gasteiger partial charge < -0.3 is 19.8 Å². The first-order chi connectivity index (χ1) is 14.8. The van der Waals surface area contributed by atoms with Gasteiger partial charge in [-0.05, 0) is 55.2 Å². The fraction of sp³-hybridized carbons (Fsp3) is 0.333. The zero-order chi connectivity index (χ0) is 22.3. The molecule has 2 aromatic carbocycles. The van der Waals surface area contributed by atoms with Crippen LogP contribution in [-0.4, -0.2) is 40.0 Å². The number of aromatic hydroxyl groups is 1. The fourth-order valence-electron chi connectivity index (χ4n) is 4.56. The predicted molar refractivity (Wildman–Crippen MR) is 120 cm³/mol. The third-order valence-electron chi connectivity index (χ3n) is 6.15. The summed E-state index contributed by atoms with van der Waals surface area (Å²) in [5, 5.41) is 21.5. The molecule has 7 heteroatoms. The predicted octanol–water partition coefficient (Wildman–Crippen LogP) is 4.84. The average molecular weight is 486 g/mol. The molecule has 1 saturated carbocycles. The zero-order valence-corrected chi connectivity index (χ0v) is 19.0. The Morgan fingerprint density at radius 1 is 1.13 bits per heavy atom. The molecular weight excluding hydrogens is 462 g/mol. The van der Waals surface area contributed by atoms with Crippen molar-refractivity contribution in [1.29, 1.82) is 0 Å². The van der Waals surface area contributed by atoms with Crippen LogP contribution in [0.25, 0.3) is 5.76 Å². The van der Waals surface area contributed by atoms with Gasteiger partial charge in [0.25, 0.3) is 11.7 Å². The third-order valence-corrected chi connectivity index (χ3v) is 7.04. The van der Waals surface area contributed by atoms with Crippen molar-refractivity contribution in [2.45, 2.75) is 44.7 Å². The SMILES string of the molecule is COc1ccc(C2/C(=C(/O)c3ccc(Br)c(C)c3)C(=O)C(=O)N2C2CCCC2)cc1O. The molecule has 0 aromatic heterocycles. The summed E-state index contributed by atoms with van der Waals surface area (Å²) in [7, 11) is 1.45. The number of rotatable bonds is 4. The lowest BCUT2D eigenvalue weighted by molar-refractivity contribution is -0.141. The molecular formula is C24H24BrNO5. The van der Waals surface area contributed by atoms with Crippen LogP contribution in [0.1, 0.15) is 48.4 Å². The molecule has 2 N–H and O–H groups in total. The van der Waals surface area contributed by atoms with Crippen LogP contribution in [0.15, 0.2) is 46.4 Å². The number of likely N-dealkylation sites (tertiary alicyclic amines) is 1. The molecule has 0 spiro atoms. The van der Waals surface area contributed by atoms with E-state index in [0.29, 0.717) is 16.9 Å². The molecule has 1 aliphatic heterocycles. The number of aliphatic hydroxyl groups excluding tert-OH is 1. The van der Waals surface area contributed by atoms with Crippen molar-refractivity contribution >= 4 is 33.4 Å². The van der Waals surface area contributed by atoms with Gasteiger partial charge in [0.2, 0.25) is 0 Å². The first-order valence-corrected chi connectivity index (χ1v) is 11.1. The molecule has 2 aliphatic rings. The Bertz CT molecular complexity index is 1090. The van der Waals surface area contributed by atoms with Crippen molar-refractivity contribution in [1.82, 2.24) is 4.90 Å². The lowest BCUT2D eigenvalue weighted by Crippen LogP contribution is -2.37. The van der Waals surface area contributed by atoms with Gasteiger partial charge in [-0.2, -0.15) is 0 Å². The van der Waals surface area contributed by atoms with Crippen LogP contribution in [0.4, 0.5) is 0 Å². The van der Waals surface area contributed by atoms with Gasteiger partial charge in [-0.15, -0.1) is 0 Å². The van der Waals surface area contributed by atoms with Crippen LogP contribution in [0.5, 0.6) is 11.5 Å². The number of carbonyl (C=O) groups is 2. The number of Topliss-reactive ketones (excluding diaryl/α,β-unsaturated/α-hetero) is 1. The summed E-state index contributed by atoms with van der Waals surface area (Å²) < 4.78 is 6.02. The van der Waals surface area contributed by atoms with Crippen LogP contribution >= 0.6 is 15.9 Å². The molecule has 6 nitrogen and oxygen atoms in total. The maximum atomic E-state index is 13.1. The van der Waals surface area contributed by atoms with Crippen LogP contribution in [0.2, 0.25) is 0 Å². The molecule has 1 heterocycles. The van der Waals surface area contributed by atoms with E-state index in [1.165, 1.54) is 13.2 Å². The number of nitrogens with zero attached hydrogens (tertiary/aromatic N) is 1. The zero-order valence-electron chi connectivity index (χ0n) is 17.4. The molecule has 0 radical (unpaired) electrons. The Morgan fingerprint density at radius 2 is 1.84 bits per heavy atom. The van der Waals surface area contributed by atoms with Gasteiger partial charge in [0.05, 0.1) is 18.7 Å². The smallest absolute Gasteiger partial charge is 0.295 e. The number of phenolic OH excluding ortho intramolecular Hbond substituents is 1. The lowest BCUT2D eigenvalue weighted by Gasteiger charge is -2.31. The highest BCUT2D eigenvalue weighted by molar-refractivity contribution is 9.10. The van der Waals surface area contributed by atoms with Crippen LogP contribution in [0, 0.1) is 6.92 Å². The largest absolute Gasteiger partial charge is 0.507 e. The van der Waals surface area contributed by atoms with Gasteiger partial charge in [-0.1, -0.05) is 40.9 Å². The second-order valence-electron chi connectivity index (χ2n) is 8.04. The maximum Gasteiger partial charge on any atom is 0.295 e. The molecule has 1 aliphatic carbocycles. The number of halogens is 1. The second kappa shape index (κ2) is 8.38. The number of aliphatic hydroxyl groups is 1. The quantitative estimate of drug-likeness (QED) is 0.367. The average Bonchev–Trinajstić information content (AvgIpc) is 3.36. The Morgan fingerprint density at radius 3 is 2.45 bits per heavy atom. The molecule has 1 atom stereocenters. The number of ketones is 1. The number of hydrogen-bond acceptors (Lipinski definition) is 5. The third kappa shape index (κ3) is 3.71. The van der Waals surface area contributed by atoms with Crippen LogP contribution < -0.4 is 4.74 Å². The van der Waals surface area contributed by atoms with Gasteiger partial charge in [-0.25, -0.2) is 0 Å². The summed E-state index contributed by atoms with van der Waals surface area (Å²) in [5.41, 5.74) is 1.96. The Labute approximate surface area is 189 Å². The molecule has 1 unspecified atom stereocenters. The normalized spacial score (nSPS) is 21.1. The molecule has 1 amide bonds. The summed E-state index contributed by atoms with van der Waals surface area (Å²) >= 11 is 3.44. The van der Waals surface area contributed by atoms with E-state index in [1.54, 1.807) is 35.2 Å². The molecule has 2 aromatic rings. The minimum absolute atomic E-state index is 0.0446. The van der Waals surface area contributed by atoms with Gasteiger partial charge >= 0.3 is 0 Å². The van der Waals surface area contributed by atoms with Gasteiger partial charge in [-0.3, -0.25) is 9.59 Å². The molecule has 1 saturated heterocycles. The van der Waals surface area contributed by atoms with Crippen molar-refractivity contribution in [3.05, 3.63) is 63.1 Å². The number of aryl methyl sites for hydroxylation is 1. The van der Waals surface area contributed by atoms with Crippen molar-refractivity contribution in [2.24, 2.45) is 0 Å². The summed E-state index contributed by atoms with van der Waals surface area (Å²) in [4.78, 5) is 27.8. The number of methoxy groups -OCH3 is 1. The van der Waals surface area contributed by atoms with Crippen molar-refractivity contribution < 1.29 is 24.5 Å². The first-order valence-electron chi connectivity index (χ1n) is 10.3. The second-order valence-corrected chi connectivity index (χ2v) is 8.89. The topological polar surface area (TPSA) is 87.1 Å². The number of hydrogen-bond donors (Lipinski definition) is 2. The van der Waals surface area contributed by atoms with Crippen molar-refractivity contribution in [3.63, 3.8) is 0 Å². The summed E-state index contributed by atoms with van der Waals surface area (Å²) in [5.74, 6) is -1.32. The van der Waals surface area contributed by atoms with E-state index in [1.807, 2.05) is 6.92 Å². The van der Waals surface area contributed by atoms with Gasteiger partial charge in [0.1, 0.15) is 5.76 Å². The highest BCUT2D eigenvalue weighted by Crippen LogP contribution is 2.45.